The van der Waals surface area contributed by atoms with Gasteiger partial charge in [0.05, 0.1) is 139 Å². The van der Waals surface area contributed by atoms with Gasteiger partial charge in [0.2, 0.25) is 53.2 Å². The lowest BCUT2D eigenvalue weighted by molar-refractivity contribution is -0.279. The third kappa shape index (κ3) is 53.5. The van der Waals surface area contributed by atoms with E-state index >= 15 is 0 Å². The van der Waals surface area contributed by atoms with E-state index in [4.69, 9.17) is 104 Å². The summed E-state index contributed by atoms with van der Waals surface area (Å²) in [6.07, 6.45) is -15.5. The van der Waals surface area contributed by atoms with Crippen molar-refractivity contribution >= 4 is 107 Å². The number of aliphatic hydroxyl groups is 1. The summed E-state index contributed by atoms with van der Waals surface area (Å²) in [4.78, 5) is 227. The summed E-state index contributed by atoms with van der Waals surface area (Å²) in [7, 11) is 0. The Labute approximate surface area is 769 Å². The fraction of sp³-hybridized carbons (Fsp3) is 0.778. The Balaban J connectivity index is 1.54. The first-order valence-electron chi connectivity index (χ1n) is 43.1. The minimum absolute atomic E-state index is 0.00246. The summed E-state index contributed by atoms with van der Waals surface area (Å²) in [5.41, 5.74) is 0. The maximum Gasteiger partial charge on any atom is 0.303 e. The van der Waals surface area contributed by atoms with Gasteiger partial charge in [-0.3, -0.25) is 96.1 Å². The van der Waals surface area contributed by atoms with Crippen LogP contribution in [-0.4, -0.2) is 431 Å². The van der Waals surface area contributed by atoms with E-state index in [1.807, 2.05) is 0 Å². The number of nitrogens with zero attached hydrogens (tertiary/aromatic N) is 2. The van der Waals surface area contributed by atoms with E-state index < -0.39 is 219 Å². The smallest absolute Gasteiger partial charge is 0.303 e. The Hall–Kier alpha value is -10.2. The summed E-state index contributed by atoms with van der Waals surface area (Å²) >= 11 is 0. The number of esters is 9. The molecule has 3 aliphatic heterocycles. The Kier molecular flexibility index (Phi) is 59.7. The van der Waals surface area contributed by atoms with E-state index in [1.54, 1.807) is 4.90 Å². The topological polar surface area (TPSA) is 645 Å². The summed E-state index contributed by atoms with van der Waals surface area (Å²) in [6.45, 7) is 11.3. The van der Waals surface area contributed by atoms with Crippen LogP contribution in [0.15, 0.2) is 0 Å². The van der Waals surface area contributed by atoms with Gasteiger partial charge in [0, 0.05) is 161 Å². The number of nitrogens with one attached hydrogen (secondary N) is 9. The summed E-state index contributed by atoms with van der Waals surface area (Å²) < 4.78 is 122. The first-order valence-corrected chi connectivity index (χ1v) is 43.1. The number of hydrogen-bond acceptors (Lipinski definition) is 43. The third-order valence-corrected chi connectivity index (χ3v) is 18.2. The molecule has 0 aromatic heterocycles. The van der Waals surface area contributed by atoms with Crippen LogP contribution in [0, 0.1) is 0 Å². The fourth-order valence-corrected chi connectivity index (χ4v) is 12.8. The maximum atomic E-state index is 13.5. The van der Waals surface area contributed by atoms with Crippen molar-refractivity contribution in [3.05, 3.63) is 0 Å². The van der Waals surface area contributed by atoms with Gasteiger partial charge < -0.3 is 157 Å². The molecule has 758 valence electrons. The van der Waals surface area contributed by atoms with Gasteiger partial charge in [-0.25, -0.2) is 0 Å². The highest BCUT2D eigenvalue weighted by Crippen LogP contribution is 2.32. The molecule has 0 aromatic carbocycles. The maximum absolute atomic E-state index is 13.5. The molecule has 3 saturated heterocycles. The number of carbonyl (C=O) groups excluding carboxylic acids is 18. The zero-order chi connectivity index (χ0) is 98.6. The zero-order valence-corrected chi connectivity index (χ0v) is 77.3. The number of carbonyl (C=O) groups is 18. The molecule has 3 fully saturated rings. The van der Waals surface area contributed by atoms with Crippen LogP contribution in [0.5, 0.6) is 0 Å². The molecule has 0 saturated carbocycles. The molecule has 0 radical (unpaired) electrons. The predicted molar refractivity (Wildman–Crippen MR) is 447 cm³/mol. The summed E-state index contributed by atoms with van der Waals surface area (Å²) in [5, 5.41) is 33.4. The van der Waals surface area contributed by atoms with E-state index in [9.17, 15) is 91.4 Å². The van der Waals surface area contributed by atoms with Gasteiger partial charge in [0.15, 0.2) is 55.5 Å². The van der Waals surface area contributed by atoms with Crippen molar-refractivity contribution in [1.29, 1.82) is 0 Å². The molecule has 3 aliphatic rings. The predicted octanol–water partition coefficient (Wildman–Crippen LogP) is -7.42. The van der Waals surface area contributed by atoms with Gasteiger partial charge in [0.25, 0.3) is 0 Å². The Morgan fingerprint density at radius 3 is 0.752 bits per heavy atom. The van der Waals surface area contributed by atoms with Crippen LogP contribution in [0.25, 0.3) is 0 Å². The third-order valence-electron chi connectivity index (χ3n) is 18.2. The van der Waals surface area contributed by atoms with Crippen molar-refractivity contribution in [1.82, 2.24) is 57.7 Å². The van der Waals surface area contributed by atoms with Crippen molar-refractivity contribution in [2.45, 2.75) is 194 Å². The minimum atomic E-state index is -1.32. The molecule has 52 nitrogen and oxygen atoms in total. The lowest BCUT2D eigenvalue weighted by Gasteiger charge is -2.44. The quantitative estimate of drug-likeness (QED) is 0.0154. The molecular formula is C81H133N11O41. The lowest BCUT2D eigenvalue weighted by Crippen LogP contribution is -2.66. The number of aliphatic hydroxyl groups excluding tert-OH is 1. The standard InChI is InChI=1S/C81H133N11O41/c1-49(94)88-70-76(128-58(10)103)73(125-55(7)100)61(46-122-52(4)97)131-79(70)119-40-37-116-34-31-112-26-13-64(106)82-16-19-85-67(109)43-91(24-29-115-30-25-93)22-23-92(44-68(110)86-20-17-83-65(107)14-27-113-32-35-117-38-41-120-80-71(89-50(2)95)77(129-59(11)104)74(126-56(8)101)62(132-80)47-123-53(5)98)45-69(111)87-21-18-84-66(108)15-28-114-33-36-118-39-42-121-81-72(90-51(3)96)78(130-60(12)105)75(127-57(9)102)63(133-81)48-124-54(6)99/h61-63,70-81,93H,13-48H2,1-12H3,(H,82,106)(H,83,107)(H,84,108)(H,85,109)(H,86,110)(H,87,111)(H,88,94)(H,89,95)(H,90,96). The molecule has 9 amide bonds. The highest BCUT2D eigenvalue weighted by molar-refractivity contribution is 5.82. The van der Waals surface area contributed by atoms with Crippen LogP contribution in [0.1, 0.15) is 102 Å². The van der Waals surface area contributed by atoms with Crippen LogP contribution < -0.4 is 47.9 Å². The Bertz CT molecular complexity index is 3490. The lowest BCUT2D eigenvalue weighted by atomic mass is 9.96. The average Bonchev–Trinajstić information content (AvgIpc) is 0.795. The number of hydrogen-bond donors (Lipinski definition) is 10. The first kappa shape index (κ1) is 117. The molecule has 15 unspecified atom stereocenters. The van der Waals surface area contributed by atoms with Crippen LogP contribution in [0.3, 0.4) is 0 Å². The van der Waals surface area contributed by atoms with E-state index in [2.05, 4.69) is 47.9 Å². The highest BCUT2D eigenvalue weighted by atomic mass is 16.7. The molecule has 0 aliphatic carbocycles. The van der Waals surface area contributed by atoms with E-state index in [1.165, 1.54) is 25.7 Å². The van der Waals surface area contributed by atoms with Gasteiger partial charge in [0.1, 0.15) is 56.3 Å². The Morgan fingerprint density at radius 1 is 0.263 bits per heavy atom. The van der Waals surface area contributed by atoms with Crippen molar-refractivity contribution in [2.24, 2.45) is 0 Å². The van der Waals surface area contributed by atoms with Crippen molar-refractivity contribution in [3.8, 4) is 0 Å². The zero-order valence-electron chi connectivity index (χ0n) is 77.3. The SMILES string of the molecule is CC(=O)NC1C(OCCOCCOCCC(=O)NCCNC(=O)CN(CCOCCO)CCN(CC(=O)NCCNC(=O)CCOCCOCCOC2OC(COC(C)=O)C(OC(C)=O)C(OC(C)=O)C2NC(C)=O)CC(=O)NCCNC(=O)CCOCCOCCOC2OC(COC(C)=O)C(OC(C)=O)C(OC(C)=O)C2NC(C)=O)OC(COC(C)=O)C(OC(C)=O)C1OC(C)=O. The van der Waals surface area contributed by atoms with E-state index in [0.717, 1.165) is 62.3 Å². The molecular weight excluding hydrogens is 1780 g/mol. The molecule has 0 spiro atoms. The molecule has 52 heteroatoms. The molecule has 3 heterocycles. The van der Waals surface area contributed by atoms with Gasteiger partial charge in [-0.15, -0.1) is 0 Å². The monoisotopic (exact) mass is 1920 g/mol. The molecule has 133 heavy (non-hydrogen) atoms. The fourth-order valence-electron chi connectivity index (χ4n) is 12.8. The minimum Gasteiger partial charge on any atom is -0.463 e. The van der Waals surface area contributed by atoms with Crippen LogP contribution in [0.4, 0.5) is 0 Å². The van der Waals surface area contributed by atoms with Crippen LogP contribution >= 0.6 is 0 Å². The normalized spacial score (nSPS) is 21.4. The largest absolute Gasteiger partial charge is 0.463 e. The van der Waals surface area contributed by atoms with Crippen molar-refractivity contribution in [2.75, 3.05) is 217 Å². The van der Waals surface area contributed by atoms with Gasteiger partial charge >= 0.3 is 53.7 Å². The van der Waals surface area contributed by atoms with Gasteiger partial charge in [-0.2, -0.15) is 0 Å². The molecule has 3 rings (SSSR count). The van der Waals surface area contributed by atoms with E-state index in [-0.39, 0.29) is 217 Å². The van der Waals surface area contributed by atoms with Gasteiger partial charge in [-0.1, -0.05) is 0 Å². The average molecular weight is 1920 g/mol. The second kappa shape index (κ2) is 67.9. The van der Waals surface area contributed by atoms with Crippen molar-refractivity contribution in [3.63, 3.8) is 0 Å². The molecule has 15 atom stereocenters. The molecule has 0 bridgehead atoms. The molecule has 0 aromatic rings. The number of ether oxygens (including phenoxy) is 22. The number of amides is 9. The van der Waals surface area contributed by atoms with Crippen LogP contribution in [0.2, 0.25) is 0 Å². The second-order valence-electron chi connectivity index (χ2n) is 29.6. The van der Waals surface area contributed by atoms with E-state index in [0.29, 0.717) is 0 Å². The van der Waals surface area contributed by atoms with Crippen LogP contribution in [-0.2, 0) is 191 Å². The summed E-state index contributed by atoms with van der Waals surface area (Å²) in [5.74, 6) is -11.1. The van der Waals surface area contributed by atoms with Gasteiger partial charge in [-0.05, 0) is 0 Å². The number of rotatable bonds is 68. The second-order valence-corrected chi connectivity index (χ2v) is 29.6. The molecule has 10 N–H and O–H groups in total. The highest BCUT2D eigenvalue weighted by Gasteiger charge is 2.54. The van der Waals surface area contributed by atoms with Crippen molar-refractivity contribution < 1.29 is 196 Å². The summed E-state index contributed by atoms with van der Waals surface area (Å²) in [6, 6.07) is -3.54. The first-order chi connectivity index (χ1) is 63.3. The Morgan fingerprint density at radius 2 is 0.496 bits per heavy atom.